The SMILES string of the molecule is [B]C([B])(CCc1nnc(N)s1)C([B])([B])c1ccc(NC(=O)Cc2cccc(OC(F)(F)F)c2)nn1. The van der Waals surface area contributed by atoms with Crippen LogP contribution in [0.2, 0.25) is 5.21 Å². The molecule has 8 nitrogen and oxygen atoms in total. The van der Waals surface area contributed by atoms with Gasteiger partial charge in [0.2, 0.25) is 11.0 Å². The number of aryl methyl sites for hydroxylation is 1. The van der Waals surface area contributed by atoms with Gasteiger partial charge in [0, 0.05) is 6.42 Å². The lowest BCUT2D eigenvalue weighted by molar-refractivity contribution is -0.274. The number of rotatable bonds is 9. The summed E-state index contributed by atoms with van der Waals surface area (Å²) in [5.74, 6) is -0.927. The number of anilines is 2. The third kappa shape index (κ3) is 7.23. The summed E-state index contributed by atoms with van der Waals surface area (Å²) < 4.78 is 41.0. The van der Waals surface area contributed by atoms with Gasteiger partial charge in [-0.25, -0.2) is 0 Å². The van der Waals surface area contributed by atoms with Crippen LogP contribution in [0.25, 0.3) is 0 Å². The molecule has 0 saturated heterocycles. The summed E-state index contributed by atoms with van der Waals surface area (Å²) in [6, 6.07) is 7.84. The van der Waals surface area contributed by atoms with Crippen molar-refractivity contribution in [3.63, 3.8) is 0 Å². The summed E-state index contributed by atoms with van der Waals surface area (Å²) in [5.41, 5.74) is 5.91. The molecule has 3 N–H and O–H groups in total. The zero-order valence-corrected chi connectivity index (χ0v) is 18.9. The number of nitrogens with two attached hydrogens (primary N) is 1. The Morgan fingerprint density at radius 1 is 1.06 bits per heavy atom. The van der Waals surface area contributed by atoms with Gasteiger partial charge in [0.1, 0.15) is 10.8 Å². The second kappa shape index (κ2) is 10.3. The molecular formula is C19H15B4F3N6O2S. The number of amides is 1. The maximum absolute atomic E-state index is 12.4. The van der Waals surface area contributed by atoms with Crippen LogP contribution in [0.15, 0.2) is 36.4 Å². The fourth-order valence-electron chi connectivity index (χ4n) is 2.97. The van der Waals surface area contributed by atoms with Gasteiger partial charge in [0.15, 0.2) is 5.82 Å². The first-order valence-corrected chi connectivity index (χ1v) is 10.8. The number of nitrogens with zero attached hydrogens (tertiary/aromatic N) is 4. The van der Waals surface area contributed by atoms with E-state index in [-0.39, 0.29) is 24.4 Å². The predicted octanol–water partition coefficient (Wildman–Crippen LogP) is 1.57. The summed E-state index contributed by atoms with van der Waals surface area (Å²) in [6.45, 7) is 0. The Morgan fingerprint density at radius 2 is 1.80 bits per heavy atom. The van der Waals surface area contributed by atoms with Crippen molar-refractivity contribution in [2.75, 3.05) is 11.1 Å². The van der Waals surface area contributed by atoms with Crippen LogP contribution in [0.4, 0.5) is 24.1 Å². The maximum atomic E-state index is 12.4. The molecule has 1 aromatic carbocycles. The van der Waals surface area contributed by atoms with Gasteiger partial charge in [-0.3, -0.25) is 4.79 Å². The molecule has 1 amide bonds. The average molecular weight is 492 g/mol. The van der Waals surface area contributed by atoms with Gasteiger partial charge >= 0.3 is 6.36 Å². The number of carbonyl (C=O) groups is 1. The van der Waals surface area contributed by atoms with E-state index in [2.05, 4.69) is 30.4 Å². The van der Waals surface area contributed by atoms with Crippen molar-refractivity contribution in [3.8, 4) is 5.75 Å². The van der Waals surface area contributed by atoms with Crippen LogP contribution in [0.3, 0.4) is 0 Å². The van der Waals surface area contributed by atoms with Crippen molar-refractivity contribution >= 4 is 59.6 Å². The predicted molar refractivity (Wildman–Crippen MR) is 128 cm³/mol. The number of halogens is 3. The zero-order valence-electron chi connectivity index (χ0n) is 18.1. The summed E-state index contributed by atoms with van der Waals surface area (Å²) in [6.07, 6.45) is -4.61. The fourth-order valence-corrected chi connectivity index (χ4v) is 3.58. The van der Waals surface area contributed by atoms with Gasteiger partial charge in [-0.15, -0.1) is 33.7 Å². The van der Waals surface area contributed by atoms with Crippen molar-refractivity contribution in [1.29, 1.82) is 0 Å². The number of carbonyl (C=O) groups excluding carboxylic acids is 1. The zero-order chi connectivity index (χ0) is 25.9. The van der Waals surface area contributed by atoms with E-state index < -0.39 is 28.4 Å². The monoisotopic (exact) mass is 492 g/mol. The third-order valence-electron chi connectivity index (χ3n) is 4.86. The van der Waals surface area contributed by atoms with Crippen molar-refractivity contribution < 1.29 is 22.7 Å². The summed E-state index contributed by atoms with van der Waals surface area (Å²) >= 11 is 1.18. The number of hydrogen-bond donors (Lipinski definition) is 2. The number of ether oxygens (including phenoxy) is 1. The molecule has 0 saturated carbocycles. The lowest BCUT2D eigenvalue weighted by atomic mass is 9.28. The summed E-state index contributed by atoms with van der Waals surface area (Å²) in [7, 11) is 24.7. The van der Waals surface area contributed by atoms with E-state index in [1.807, 2.05) is 0 Å². The average Bonchev–Trinajstić information content (AvgIpc) is 3.17. The first-order valence-electron chi connectivity index (χ1n) is 9.97. The molecule has 2 aromatic heterocycles. The highest BCUT2D eigenvalue weighted by molar-refractivity contribution is 7.15. The van der Waals surface area contributed by atoms with Crippen molar-refractivity contribution in [2.45, 2.75) is 36.1 Å². The largest absolute Gasteiger partial charge is 0.573 e. The van der Waals surface area contributed by atoms with Gasteiger partial charge in [0.05, 0.1) is 43.5 Å². The van der Waals surface area contributed by atoms with Crippen molar-refractivity contribution in [2.24, 2.45) is 0 Å². The van der Waals surface area contributed by atoms with Gasteiger partial charge in [-0.05, 0) is 29.8 Å². The van der Waals surface area contributed by atoms with E-state index >= 15 is 0 Å². The van der Waals surface area contributed by atoms with Gasteiger partial charge in [0.25, 0.3) is 0 Å². The molecular weight excluding hydrogens is 477 g/mol. The molecule has 2 heterocycles. The normalized spacial score (nSPS) is 12.3. The van der Waals surface area contributed by atoms with E-state index in [4.69, 9.17) is 37.1 Å². The number of alkyl halides is 3. The molecule has 172 valence electrons. The Hall–Kier alpha value is -3.02. The van der Waals surface area contributed by atoms with Crippen LogP contribution in [-0.2, 0) is 22.8 Å². The second-order valence-corrected chi connectivity index (χ2v) is 8.76. The quantitative estimate of drug-likeness (QED) is 0.437. The molecule has 3 rings (SSSR count). The molecule has 0 aliphatic rings. The van der Waals surface area contributed by atoms with Gasteiger partial charge in [-0.1, -0.05) is 35.1 Å². The minimum absolute atomic E-state index is 0.0567. The van der Waals surface area contributed by atoms with Crippen LogP contribution in [0.1, 0.15) is 22.7 Å². The fraction of sp³-hybridized carbons (Fsp3) is 0.316. The van der Waals surface area contributed by atoms with Crippen LogP contribution < -0.4 is 15.8 Å². The Bertz CT molecular complexity index is 1180. The number of benzene rings is 1. The number of nitrogen functional groups attached to an aromatic ring is 1. The van der Waals surface area contributed by atoms with E-state index in [0.29, 0.717) is 22.1 Å². The van der Waals surface area contributed by atoms with Crippen molar-refractivity contribution in [3.05, 3.63) is 52.7 Å². The molecule has 0 atom stereocenters. The van der Waals surface area contributed by atoms with Crippen LogP contribution in [0.5, 0.6) is 5.75 Å². The number of hydrogen-bond acceptors (Lipinski definition) is 8. The van der Waals surface area contributed by atoms with E-state index in [0.717, 1.165) is 12.1 Å². The van der Waals surface area contributed by atoms with E-state index in [1.54, 1.807) is 0 Å². The van der Waals surface area contributed by atoms with Crippen molar-refractivity contribution in [1.82, 2.24) is 20.4 Å². The Labute approximate surface area is 208 Å². The van der Waals surface area contributed by atoms with Crippen LogP contribution in [-0.4, -0.2) is 64.0 Å². The first-order chi connectivity index (χ1) is 16.2. The molecule has 0 aliphatic carbocycles. The molecule has 16 heteroatoms. The maximum Gasteiger partial charge on any atom is 0.573 e. The molecule has 35 heavy (non-hydrogen) atoms. The first kappa shape index (κ1) is 26.6. The standard InChI is InChI=1S/C19H15B4F3N6O2S/c20-17(21,7-6-15-31-32-16(27)35-15)18(22,23)12-4-5-13(30-29-12)28-14(33)9-10-2-1-3-11(8-10)34-19(24,25)26/h1-5,8H,6-7,9H2,(H2,27,32)(H,28,30,33). The van der Waals surface area contributed by atoms with E-state index in [9.17, 15) is 18.0 Å². The van der Waals surface area contributed by atoms with Gasteiger partial charge in [-0.2, -0.15) is 5.10 Å². The number of nitrogens with one attached hydrogen (secondary N) is 1. The number of aromatic nitrogens is 4. The highest BCUT2D eigenvalue weighted by Gasteiger charge is 2.37. The minimum atomic E-state index is -4.84. The van der Waals surface area contributed by atoms with Crippen LogP contribution >= 0.6 is 11.3 Å². The topological polar surface area (TPSA) is 116 Å². The third-order valence-corrected chi connectivity index (χ3v) is 5.67. The molecule has 0 unspecified atom stereocenters. The molecule has 3 aromatic rings. The smallest absolute Gasteiger partial charge is 0.406 e. The Morgan fingerprint density at radius 3 is 2.40 bits per heavy atom. The second-order valence-electron chi connectivity index (χ2n) is 7.67. The summed E-state index contributed by atoms with van der Waals surface area (Å²) in [5, 5.41) is 15.4. The highest BCUT2D eigenvalue weighted by atomic mass is 32.1. The highest BCUT2D eigenvalue weighted by Crippen LogP contribution is 2.41. The molecule has 0 bridgehead atoms. The molecule has 8 radical (unpaired) electrons. The van der Waals surface area contributed by atoms with Crippen LogP contribution in [0, 0.1) is 0 Å². The lowest BCUT2D eigenvalue weighted by Gasteiger charge is -2.43. The van der Waals surface area contributed by atoms with E-state index in [1.165, 1.54) is 35.6 Å². The minimum Gasteiger partial charge on any atom is -0.406 e. The lowest BCUT2D eigenvalue weighted by Crippen LogP contribution is -2.44. The molecule has 0 fully saturated rings. The Balaban J connectivity index is 1.61. The summed E-state index contributed by atoms with van der Waals surface area (Å²) in [4.78, 5) is 12.3. The van der Waals surface area contributed by atoms with Gasteiger partial charge < -0.3 is 15.8 Å². The molecule has 0 spiro atoms. The Kier molecular flexibility index (Phi) is 7.83. The molecule has 0 aliphatic heterocycles.